The zero-order chi connectivity index (χ0) is 18.1. The molecule has 0 bridgehead atoms. The topological polar surface area (TPSA) is 55.3 Å². The van der Waals surface area contributed by atoms with E-state index < -0.39 is 0 Å². The van der Waals surface area contributed by atoms with Crippen LogP contribution in [0.25, 0.3) is 0 Å². The molecular weight excluding hydrogens is 326 g/mol. The van der Waals surface area contributed by atoms with Gasteiger partial charge < -0.3 is 9.64 Å². The van der Waals surface area contributed by atoms with Gasteiger partial charge in [-0.15, -0.1) is 0 Å². The van der Waals surface area contributed by atoms with E-state index in [1.54, 1.807) is 0 Å². The minimum absolute atomic E-state index is 0.166. The molecule has 1 aromatic carbocycles. The molecule has 5 heteroatoms. The summed E-state index contributed by atoms with van der Waals surface area (Å²) in [7, 11) is 0. The van der Waals surface area contributed by atoms with E-state index in [1.807, 2.05) is 24.8 Å². The highest BCUT2D eigenvalue weighted by molar-refractivity contribution is 5.79. The number of fused-ring (bicyclic) bond motifs is 1. The molecule has 5 nitrogen and oxygen atoms in total. The van der Waals surface area contributed by atoms with Gasteiger partial charge in [-0.05, 0) is 55.9 Å². The molecule has 0 radical (unpaired) electrons. The number of rotatable bonds is 3. The second kappa shape index (κ2) is 7.16. The van der Waals surface area contributed by atoms with Crippen molar-refractivity contribution in [2.75, 3.05) is 19.7 Å². The van der Waals surface area contributed by atoms with Crippen molar-refractivity contribution < 1.29 is 9.53 Å². The summed E-state index contributed by atoms with van der Waals surface area (Å²) >= 11 is 0. The molecule has 136 valence electrons. The van der Waals surface area contributed by atoms with Crippen molar-refractivity contribution in [1.82, 2.24) is 14.9 Å². The van der Waals surface area contributed by atoms with Crippen molar-refractivity contribution in [3.8, 4) is 0 Å². The fourth-order valence-electron chi connectivity index (χ4n) is 3.99. The van der Waals surface area contributed by atoms with E-state index in [1.165, 1.54) is 24.0 Å². The number of hydrogen-bond donors (Lipinski definition) is 0. The largest absolute Gasteiger partial charge is 0.368 e. The van der Waals surface area contributed by atoms with E-state index >= 15 is 0 Å². The van der Waals surface area contributed by atoms with Gasteiger partial charge in [0.05, 0.1) is 25.3 Å². The molecule has 4 rings (SSSR count). The van der Waals surface area contributed by atoms with E-state index in [2.05, 4.69) is 28.2 Å². The lowest BCUT2D eigenvalue weighted by Crippen LogP contribution is -2.43. The first-order valence-corrected chi connectivity index (χ1v) is 9.41. The number of hydrogen-bond acceptors (Lipinski definition) is 4. The first kappa shape index (κ1) is 17.2. The van der Waals surface area contributed by atoms with Crippen LogP contribution in [0.3, 0.4) is 0 Å². The number of carbonyl (C=O) groups is 1. The van der Waals surface area contributed by atoms with Crippen LogP contribution in [0, 0.1) is 13.8 Å². The number of morpholine rings is 1. The Bertz CT molecular complexity index is 814. The van der Waals surface area contributed by atoms with Crippen LogP contribution in [0.2, 0.25) is 0 Å². The summed E-state index contributed by atoms with van der Waals surface area (Å²) in [5, 5.41) is 0. The molecule has 2 heterocycles. The monoisotopic (exact) mass is 351 g/mol. The minimum Gasteiger partial charge on any atom is -0.368 e. The number of carbonyl (C=O) groups excluding carboxylic acids is 1. The van der Waals surface area contributed by atoms with Gasteiger partial charge in [0.15, 0.2) is 0 Å². The lowest BCUT2D eigenvalue weighted by Gasteiger charge is -2.33. The van der Waals surface area contributed by atoms with Crippen molar-refractivity contribution in [3.63, 3.8) is 0 Å². The molecule has 1 fully saturated rings. The van der Waals surface area contributed by atoms with Crippen LogP contribution >= 0.6 is 0 Å². The van der Waals surface area contributed by atoms with Gasteiger partial charge in [-0.2, -0.15) is 0 Å². The Morgan fingerprint density at radius 3 is 2.88 bits per heavy atom. The van der Waals surface area contributed by atoms with Crippen LogP contribution in [-0.2, 0) is 28.8 Å². The molecule has 0 N–H and O–H groups in total. The van der Waals surface area contributed by atoms with Crippen molar-refractivity contribution in [1.29, 1.82) is 0 Å². The number of ether oxygens (including phenoxy) is 1. The zero-order valence-electron chi connectivity index (χ0n) is 15.5. The van der Waals surface area contributed by atoms with E-state index in [-0.39, 0.29) is 12.0 Å². The molecule has 1 saturated heterocycles. The van der Waals surface area contributed by atoms with Gasteiger partial charge in [-0.1, -0.05) is 18.2 Å². The van der Waals surface area contributed by atoms with Crippen LogP contribution in [0.1, 0.15) is 46.4 Å². The summed E-state index contributed by atoms with van der Waals surface area (Å²) in [5.74, 6) is 0.906. The molecular formula is C21H25N3O2. The van der Waals surface area contributed by atoms with Crippen LogP contribution in [0.4, 0.5) is 0 Å². The van der Waals surface area contributed by atoms with Crippen molar-refractivity contribution >= 4 is 5.91 Å². The zero-order valence-corrected chi connectivity index (χ0v) is 15.5. The summed E-state index contributed by atoms with van der Waals surface area (Å²) in [6.07, 6.45) is 3.83. The van der Waals surface area contributed by atoms with Crippen molar-refractivity contribution in [2.24, 2.45) is 0 Å². The average molecular weight is 351 g/mol. The van der Waals surface area contributed by atoms with Crippen LogP contribution in [0.15, 0.2) is 24.3 Å². The Morgan fingerprint density at radius 1 is 1.19 bits per heavy atom. The second-order valence-corrected chi connectivity index (χ2v) is 7.31. The maximum absolute atomic E-state index is 12.8. The van der Waals surface area contributed by atoms with E-state index in [9.17, 15) is 4.79 Å². The third-order valence-corrected chi connectivity index (χ3v) is 5.25. The summed E-state index contributed by atoms with van der Waals surface area (Å²) in [6.45, 7) is 5.58. The van der Waals surface area contributed by atoms with E-state index in [0.29, 0.717) is 26.1 Å². The molecule has 1 unspecified atom stereocenters. The van der Waals surface area contributed by atoms with E-state index in [0.717, 1.165) is 29.2 Å². The highest BCUT2D eigenvalue weighted by Crippen LogP contribution is 2.24. The summed E-state index contributed by atoms with van der Waals surface area (Å²) in [4.78, 5) is 23.5. The molecule has 0 spiro atoms. The SMILES string of the molecule is Cc1cc(C2CN(C(=O)Cc3ccc4c(c3)CCC4)CCO2)nc(C)n1. The molecule has 1 amide bonds. The van der Waals surface area contributed by atoms with Gasteiger partial charge in [0.25, 0.3) is 0 Å². The average Bonchev–Trinajstić information content (AvgIpc) is 3.09. The molecule has 0 saturated carbocycles. The Balaban J connectivity index is 1.44. The van der Waals surface area contributed by atoms with Crippen LogP contribution in [-0.4, -0.2) is 40.5 Å². The quantitative estimate of drug-likeness (QED) is 0.853. The van der Waals surface area contributed by atoms with Gasteiger partial charge in [0, 0.05) is 12.2 Å². The minimum atomic E-state index is -0.173. The van der Waals surface area contributed by atoms with Crippen LogP contribution in [0.5, 0.6) is 0 Å². The highest BCUT2D eigenvalue weighted by Gasteiger charge is 2.27. The Hall–Kier alpha value is -2.27. The summed E-state index contributed by atoms with van der Waals surface area (Å²) in [5.41, 5.74) is 5.78. The third kappa shape index (κ3) is 3.63. The Morgan fingerprint density at radius 2 is 2.04 bits per heavy atom. The maximum atomic E-state index is 12.8. The smallest absolute Gasteiger partial charge is 0.227 e. The number of amides is 1. The number of aromatic nitrogens is 2. The van der Waals surface area contributed by atoms with Crippen molar-refractivity contribution in [3.05, 3.63) is 58.2 Å². The Kier molecular flexibility index (Phi) is 4.72. The first-order valence-electron chi connectivity index (χ1n) is 9.41. The molecule has 1 aromatic heterocycles. The second-order valence-electron chi connectivity index (χ2n) is 7.31. The number of nitrogens with zero attached hydrogens (tertiary/aromatic N) is 3. The Labute approximate surface area is 154 Å². The molecule has 1 aliphatic heterocycles. The van der Waals surface area contributed by atoms with E-state index in [4.69, 9.17) is 4.74 Å². The maximum Gasteiger partial charge on any atom is 0.227 e. The number of benzene rings is 1. The molecule has 2 aliphatic rings. The molecule has 26 heavy (non-hydrogen) atoms. The molecule has 2 aromatic rings. The fraction of sp³-hybridized carbons (Fsp3) is 0.476. The van der Waals surface area contributed by atoms with Gasteiger partial charge in [-0.3, -0.25) is 4.79 Å². The lowest BCUT2D eigenvalue weighted by atomic mass is 10.0. The first-order chi connectivity index (χ1) is 12.6. The molecule has 1 atom stereocenters. The summed E-state index contributed by atoms with van der Waals surface area (Å²) in [6, 6.07) is 8.47. The predicted molar refractivity (Wildman–Crippen MR) is 99.0 cm³/mol. The standard InChI is InChI=1S/C21H25N3O2/c1-14-10-19(23-15(2)22-14)20-13-24(8-9-26-20)21(25)12-16-6-7-17-4-3-5-18(17)11-16/h6-7,10-11,20H,3-5,8-9,12-13H2,1-2H3. The van der Waals surface area contributed by atoms with Gasteiger partial charge >= 0.3 is 0 Å². The van der Waals surface area contributed by atoms with Gasteiger partial charge in [0.1, 0.15) is 11.9 Å². The van der Waals surface area contributed by atoms with Gasteiger partial charge in [0.2, 0.25) is 5.91 Å². The predicted octanol–water partition coefficient (Wildman–Crippen LogP) is 2.72. The normalized spacial score (nSPS) is 19.5. The fourth-order valence-corrected chi connectivity index (χ4v) is 3.99. The summed E-state index contributed by atoms with van der Waals surface area (Å²) < 4.78 is 5.88. The molecule has 1 aliphatic carbocycles. The van der Waals surface area contributed by atoms with Crippen LogP contribution < -0.4 is 0 Å². The van der Waals surface area contributed by atoms with Crippen molar-refractivity contribution in [2.45, 2.75) is 45.6 Å². The highest BCUT2D eigenvalue weighted by atomic mass is 16.5. The van der Waals surface area contributed by atoms with Gasteiger partial charge in [-0.25, -0.2) is 9.97 Å². The number of aryl methyl sites for hydroxylation is 4. The third-order valence-electron chi connectivity index (χ3n) is 5.25. The lowest BCUT2D eigenvalue weighted by molar-refractivity contribution is -0.138.